The zero-order chi connectivity index (χ0) is 14.3. The molecule has 1 amide bonds. The Morgan fingerprint density at radius 1 is 1.47 bits per heavy atom. The van der Waals surface area contributed by atoms with E-state index in [4.69, 9.17) is 9.84 Å². The second-order valence-corrected chi connectivity index (χ2v) is 4.13. The van der Waals surface area contributed by atoms with Gasteiger partial charge in [-0.2, -0.15) is 0 Å². The van der Waals surface area contributed by atoms with Crippen LogP contribution in [-0.4, -0.2) is 67.3 Å². The lowest BCUT2D eigenvalue weighted by molar-refractivity contribution is -0.147. The molecule has 0 bridgehead atoms. The summed E-state index contributed by atoms with van der Waals surface area (Å²) >= 11 is 0. The number of aliphatic carboxylic acids is 1. The van der Waals surface area contributed by atoms with Gasteiger partial charge < -0.3 is 19.5 Å². The van der Waals surface area contributed by atoms with Crippen molar-refractivity contribution in [3.8, 4) is 0 Å². The first-order valence-electron chi connectivity index (χ1n) is 5.95. The lowest BCUT2D eigenvalue weighted by atomic mass is 10.1. The van der Waals surface area contributed by atoms with Crippen LogP contribution in [0.15, 0.2) is 0 Å². The Morgan fingerprint density at radius 2 is 2.21 bits per heavy atom. The molecule has 0 saturated carbocycles. The van der Waals surface area contributed by atoms with Gasteiger partial charge in [0.15, 0.2) is 0 Å². The Labute approximate surface area is 109 Å². The third kappa shape index (κ3) is 5.93. The summed E-state index contributed by atoms with van der Waals surface area (Å²) in [6, 6.07) is -0.506. The Bertz CT molecular complexity index is 313. The number of carbonyl (C=O) groups is 2. The molecule has 1 aliphatic heterocycles. The molecular weight excluding hydrogens is 264 g/mol. The second-order valence-electron chi connectivity index (χ2n) is 4.13. The smallest absolute Gasteiger partial charge is 0.305 e. The normalized spacial score (nSPS) is 19.7. The van der Waals surface area contributed by atoms with Crippen LogP contribution in [0.1, 0.15) is 12.8 Å². The molecule has 1 saturated heterocycles. The number of rotatable bonds is 7. The summed E-state index contributed by atoms with van der Waals surface area (Å²) in [5.74, 6) is -1.31. The SMILES string of the molecule is O=C(O)CC1COCCN1C(=O)CCOCC(F)F. The Balaban J connectivity index is 2.37. The molecule has 6 nitrogen and oxygen atoms in total. The van der Waals surface area contributed by atoms with E-state index in [9.17, 15) is 18.4 Å². The summed E-state index contributed by atoms with van der Waals surface area (Å²) in [5.41, 5.74) is 0. The van der Waals surface area contributed by atoms with E-state index in [0.29, 0.717) is 13.2 Å². The maximum atomic E-state index is 11.8. The highest BCUT2D eigenvalue weighted by Crippen LogP contribution is 2.12. The van der Waals surface area contributed by atoms with Gasteiger partial charge in [0.25, 0.3) is 6.43 Å². The van der Waals surface area contributed by atoms with Crippen molar-refractivity contribution < 1.29 is 33.0 Å². The summed E-state index contributed by atoms with van der Waals surface area (Å²) < 4.78 is 33.4. The van der Waals surface area contributed by atoms with Gasteiger partial charge in [-0.05, 0) is 0 Å². The summed E-state index contributed by atoms with van der Waals surface area (Å²) in [4.78, 5) is 23.9. The zero-order valence-electron chi connectivity index (χ0n) is 10.4. The van der Waals surface area contributed by atoms with Crippen molar-refractivity contribution in [2.45, 2.75) is 25.3 Å². The highest BCUT2D eigenvalue weighted by molar-refractivity contribution is 5.78. The van der Waals surface area contributed by atoms with Gasteiger partial charge in [0, 0.05) is 6.54 Å². The molecular formula is C11H17F2NO5. The minimum Gasteiger partial charge on any atom is -0.481 e. The molecule has 110 valence electrons. The number of amides is 1. The van der Waals surface area contributed by atoms with Gasteiger partial charge in [-0.25, -0.2) is 8.78 Å². The summed E-state index contributed by atoms with van der Waals surface area (Å²) in [6.45, 7) is 0.0383. The van der Waals surface area contributed by atoms with Crippen LogP contribution in [0.2, 0.25) is 0 Å². The minimum atomic E-state index is -2.56. The Hall–Kier alpha value is -1.28. The molecule has 19 heavy (non-hydrogen) atoms. The topological polar surface area (TPSA) is 76.1 Å². The van der Waals surface area contributed by atoms with E-state index in [1.807, 2.05) is 0 Å². The van der Waals surface area contributed by atoms with Crippen LogP contribution in [-0.2, 0) is 19.1 Å². The highest BCUT2D eigenvalue weighted by Gasteiger charge is 2.28. The van der Waals surface area contributed by atoms with Gasteiger partial charge in [-0.3, -0.25) is 9.59 Å². The van der Waals surface area contributed by atoms with E-state index in [0.717, 1.165) is 0 Å². The van der Waals surface area contributed by atoms with Crippen molar-refractivity contribution in [3.63, 3.8) is 0 Å². The van der Waals surface area contributed by atoms with Gasteiger partial charge in [-0.15, -0.1) is 0 Å². The third-order valence-corrected chi connectivity index (χ3v) is 2.66. The molecule has 8 heteroatoms. The van der Waals surface area contributed by atoms with Gasteiger partial charge in [0.1, 0.15) is 6.61 Å². The van der Waals surface area contributed by atoms with Crippen molar-refractivity contribution in [1.29, 1.82) is 0 Å². The fourth-order valence-corrected chi connectivity index (χ4v) is 1.83. The van der Waals surface area contributed by atoms with Crippen LogP contribution in [0, 0.1) is 0 Å². The number of nitrogens with zero attached hydrogens (tertiary/aromatic N) is 1. The molecule has 0 aliphatic carbocycles. The molecule has 1 heterocycles. The first kappa shape index (κ1) is 15.8. The number of ether oxygens (including phenoxy) is 2. The molecule has 0 aromatic rings. The third-order valence-electron chi connectivity index (χ3n) is 2.66. The van der Waals surface area contributed by atoms with Gasteiger partial charge >= 0.3 is 5.97 Å². The van der Waals surface area contributed by atoms with E-state index >= 15 is 0 Å². The number of halogens is 2. The number of carboxylic acid groups (broad SMARTS) is 1. The standard InChI is InChI=1S/C11H17F2NO5/c12-9(13)7-18-3-1-10(15)14-2-4-19-6-8(14)5-11(16)17/h8-9H,1-7H2,(H,16,17). The number of carboxylic acids is 1. The van der Waals surface area contributed by atoms with E-state index in [1.165, 1.54) is 4.90 Å². The van der Waals surface area contributed by atoms with E-state index in [1.54, 1.807) is 0 Å². The van der Waals surface area contributed by atoms with Crippen LogP contribution in [0.3, 0.4) is 0 Å². The Morgan fingerprint density at radius 3 is 2.84 bits per heavy atom. The number of carbonyl (C=O) groups excluding carboxylic acids is 1. The van der Waals surface area contributed by atoms with Crippen LogP contribution in [0.25, 0.3) is 0 Å². The van der Waals surface area contributed by atoms with Gasteiger partial charge in [-0.1, -0.05) is 0 Å². The van der Waals surface area contributed by atoms with Crippen molar-refractivity contribution in [1.82, 2.24) is 4.90 Å². The van der Waals surface area contributed by atoms with Crippen LogP contribution < -0.4 is 0 Å². The molecule has 0 spiro atoms. The molecule has 0 aromatic carbocycles. The van der Waals surface area contributed by atoms with Crippen molar-refractivity contribution in [2.75, 3.05) is 33.0 Å². The fraction of sp³-hybridized carbons (Fsp3) is 0.818. The van der Waals surface area contributed by atoms with Crippen LogP contribution in [0.5, 0.6) is 0 Å². The molecule has 1 unspecified atom stereocenters. The average Bonchev–Trinajstić information content (AvgIpc) is 2.34. The summed E-state index contributed by atoms with van der Waals surface area (Å²) in [6.07, 6.45) is -2.79. The predicted octanol–water partition coefficient (Wildman–Crippen LogP) is 0.360. The van der Waals surface area contributed by atoms with Crippen molar-refractivity contribution in [2.24, 2.45) is 0 Å². The zero-order valence-corrected chi connectivity index (χ0v) is 10.4. The molecule has 0 aromatic heterocycles. The lowest BCUT2D eigenvalue weighted by Crippen LogP contribution is -2.49. The van der Waals surface area contributed by atoms with E-state index in [-0.39, 0.29) is 32.0 Å². The molecule has 1 fully saturated rings. The molecule has 1 N–H and O–H groups in total. The number of hydrogen-bond donors (Lipinski definition) is 1. The van der Waals surface area contributed by atoms with Crippen LogP contribution in [0.4, 0.5) is 8.78 Å². The number of hydrogen-bond acceptors (Lipinski definition) is 4. The summed E-state index contributed by atoms with van der Waals surface area (Å²) in [5, 5.41) is 8.74. The van der Waals surface area contributed by atoms with Crippen molar-refractivity contribution >= 4 is 11.9 Å². The van der Waals surface area contributed by atoms with E-state index < -0.39 is 25.0 Å². The van der Waals surface area contributed by atoms with Crippen molar-refractivity contribution in [3.05, 3.63) is 0 Å². The largest absolute Gasteiger partial charge is 0.481 e. The maximum Gasteiger partial charge on any atom is 0.305 e. The lowest BCUT2D eigenvalue weighted by Gasteiger charge is -2.34. The quantitative estimate of drug-likeness (QED) is 0.682. The first-order chi connectivity index (χ1) is 9.00. The van der Waals surface area contributed by atoms with E-state index in [2.05, 4.69) is 4.74 Å². The van der Waals surface area contributed by atoms with Crippen LogP contribution >= 0.6 is 0 Å². The fourth-order valence-electron chi connectivity index (χ4n) is 1.83. The maximum absolute atomic E-state index is 11.8. The molecule has 1 rings (SSSR count). The molecule has 1 aliphatic rings. The highest BCUT2D eigenvalue weighted by atomic mass is 19.3. The summed E-state index contributed by atoms with van der Waals surface area (Å²) in [7, 11) is 0. The number of morpholine rings is 1. The number of alkyl halides is 2. The first-order valence-corrected chi connectivity index (χ1v) is 5.95. The average molecular weight is 281 g/mol. The predicted molar refractivity (Wildman–Crippen MR) is 60.0 cm³/mol. The molecule has 1 atom stereocenters. The van der Waals surface area contributed by atoms with Gasteiger partial charge in [0.2, 0.25) is 5.91 Å². The van der Waals surface area contributed by atoms with Gasteiger partial charge in [0.05, 0.1) is 38.7 Å². The Kier molecular flexibility index (Phi) is 6.65. The monoisotopic (exact) mass is 281 g/mol. The second kappa shape index (κ2) is 8.00. The molecule has 0 radical (unpaired) electrons. The minimum absolute atomic E-state index is 0.0389.